The number of hydrogen-bond acceptors (Lipinski definition) is 0. The Kier molecular flexibility index (Phi) is 1.22. The van der Waals surface area contributed by atoms with Gasteiger partial charge in [-0.25, -0.2) is 0 Å². The lowest BCUT2D eigenvalue weighted by Crippen LogP contribution is -2.46. The van der Waals surface area contributed by atoms with Gasteiger partial charge in [-0.15, -0.1) is 0 Å². The van der Waals surface area contributed by atoms with E-state index in [0.29, 0.717) is 0 Å². The minimum absolute atomic E-state index is 0.750. The van der Waals surface area contributed by atoms with E-state index in [1.165, 1.54) is 19.2 Å². The molecule has 2 atom stereocenters. The summed E-state index contributed by atoms with van der Waals surface area (Å²) in [4.78, 5) is 0. The first kappa shape index (κ1) is 6.76. The van der Waals surface area contributed by atoms with Crippen molar-refractivity contribution < 1.29 is 0 Å². The highest BCUT2D eigenvalue weighted by molar-refractivity contribution is 6.64. The molecule has 0 bridgehead atoms. The average Bonchev–Trinajstić information content (AvgIpc) is 2.68. The van der Waals surface area contributed by atoms with Crippen LogP contribution < -0.4 is 0 Å². The zero-order valence-electron chi connectivity index (χ0n) is 7.35. The van der Waals surface area contributed by atoms with Gasteiger partial charge < -0.3 is 0 Å². The fraction of sp³-hybridized carbons (Fsp3) is 1.00. The van der Waals surface area contributed by atoms with Crippen LogP contribution in [0.2, 0.25) is 18.5 Å². The van der Waals surface area contributed by atoms with Crippen LogP contribution in [0.4, 0.5) is 0 Å². The summed E-state index contributed by atoms with van der Waals surface area (Å²) in [6.45, 7) is 8.37. The highest BCUT2D eigenvalue weighted by Crippen LogP contribution is 2.65. The summed E-state index contributed by atoms with van der Waals surface area (Å²) in [5.74, 6) is 2.11. The van der Waals surface area contributed by atoms with Gasteiger partial charge in [-0.3, -0.25) is 0 Å². The topological polar surface area (TPSA) is 0 Å². The highest BCUT2D eigenvalue weighted by Gasteiger charge is 2.56. The molecule has 1 saturated carbocycles. The van der Waals surface area contributed by atoms with Gasteiger partial charge in [0, 0.05) is 0 Å². The van der Waals surface area contributed by atoms with Gasteiger partial charge in [-0.2, -0.15) is 0 Å². The summed E-state index contributed by atoms with van der Waals surface area (Å²) >= 11 is 0. The van der Waals surface area contributed by atoms with Crippen molar-refractivity contribution >= 4 is 6.71 Å². The van der Waals surface area contributed by atoms with Crippen LogP contribution in [0.25, 0.3) is 0 Å². The van der Waals surface area contributed by atoms with E-state index >= 15 is 0 Å². The first-order chi connectivity index (χ1) is 4.65. The standard InChI is InChI=1S/C9H17B/c1-7-6-10(3)9(7,2)8-4-5-8/h7-8H,4-6H2,1-3H3. The first-order valence-electron chi connectivity index (χ1n) is 4.65. The van der Waals surface area contributed by atoms with E-state index in [4.69, 9.17) is 0 Å². The van der Waals surface area contributed by atoms with Gasteiger partial charge >= 0.3 is 0 Å². The zero-order chi connectivity index (χ0) is 7.35. The maximum Gasteiger partial charge on any atom is 0.144 e. The van der Waals surface area contributed by atoms with Gasteiger partial charge in [0.2, 0.25) is 0 Å². The van der Waals surface area contributed by atoms with Crippen LogP contribution in [-0.4, -0.2) is 6.71 Å². The van der Waals surface area contributed by atoms with Crippen molar-refractivity contribution in [2.24, 2.45) is 11.8 Å². The van der Waals surface area contributed by atoms with Gasteiger partial charge in [0.05, 0.1) is 0 Å². The van der Waals surface area contributed by atoms with Crippen molar-refractivity contribution in [3.8, 4) is 0 Å². The molecule has 0 spiro atoms. The lowest BCUT2D eigenvalue weighted by Gasteiger charge is -2.51. The molecule has 1 heterocycles. The Balaban J connectivity index is 2.10. The second-order valence-corrected chi connectivity index (χ2v) is 4.68. The molecule has 0 aromatic carbocycles. The van der Waals surface area contributed by atoms with E-state index in [1.807, 2.05) is 0 Å². The smallest absolute Gasteiger partial charge is 0.0856 e. The first-order valence-corrected chi connectivity index (χ1v) is 4.65. The van der Waals surface area contributed by atoms with Crippen LogP contribution in [0, 0.1) is 11.8 Å². The van der Waals surface area contributed by atoms with Crippen LogP contribution in [0.3, 0.4) is 0 Å². The van der Waals surface area contributed by atoms with Crippen molar-refractivity contribution in [1.29, 1.82) is 0 Å². The molecule has 2 fully saturated rings. The SMILES string of the molecule is CB1CC(C)C1(C)C1CC1. The normalized spacial score (nSPS) is 47.1. The summed E-state index contributed by atoms with van der Waals surface area (Å²) in [6.07, 6.45) is 4.52. The van der Waals surface area contributed by atoms with Gasteiger partial charge in [-0.1, -0.05) is 45.8 Å². The molecule has 2 aliphatic rings. The Morgan fingerprint density at radius 3 is 2.20 bits per heavy atom. The third kappa shape index (κ3) is 0.641. The van der Waals surface area contributed by atoms with Gasteiger partial charge in [0.1, 0.15) is 6.71 Å². The third-order valence-corrected chi connectivity index (χ3v) is 4.29. The molecule has 0 aromatic rings. The molecule has 1 saturated heterocycles. The van der Waals surface area contributed by atoms with Gasteiger partial charge in [-0.05, 0) is 11.2 Å². The fourth-order valence-electron chi connectivity index (χ4n) is 2.87. The maximum absolute atomic E-state index is 2.50. The molecule has 1 heteroatoms. The van der Waals surface area contributed by atoms with E-state index in [2.05, 4.69) is 20.7 Å². The van der Waals surface area contributed by atoms with Crippen LogP contribution in [-0.2, 0) is 0 Å². The predicted octanol–water partition coefficient (Wildman–Crippen LogP) is 2.93. The van der Waals surface area contributed by atoms with Crippen LogP contribution in [0.1, 0.15) is 26.7 Å². The molecule has 2 unspecified atom stereocenters. The number of rotatable bonds is 1. The molecule has 1 aliphatic heterocycles. The molecular weight excluding hydrogens is 119 g/mol. The van der Waals surface area contributed by atoms with Crippen molar-refractivity contribution in [3.63, 3.8) is 0 Å². The lowest BCUT2D eigenvalue weighted by atomic mass is 9.18. The minimum Gasteiger partial charge on any atom is -0.0856 e. The van der Waals surface area contributed by atoms with Crippen molar-refractivity contribution in [2.45, 2.75) is 45.1 Å². The van der Waals surface area contributed by atoms with Crippen molar-refractivity contribution in [3.05, 3.63) is 0 Å². The van der Waals surface area contributed by atoms with E-state index in [0.717, 1.165) is 23.9 Å². The summed E-state index contributed by atoms with van der Waals surface area (Å²) in [5.41, 5.74) is 0. The Labute approximate surface area is 64.5 Å². The Morgan fingerprint density at radius 1 is 1.40 bits per heavy atom. The zero-order valence-corrected chi connectivity index (χ0v) is 7.35. The molecule has 2 rings (SSSR count). The predicted molar refractivity (Wildman–Crippen MR) is 46.7 cm³/mol. The highest BCUT2D eigenvalue weighted by atomic mass is 14.5. The molecule has 0 aromatic heterocycles. The Morgan fingerprint density at radius 2 is 2.00 bits per heavy atom. The van der Waals surface area contributed by atoms with Gasteiger partial charge in [0.25, 0.3) is 0 Å². The molecule has 0 N–H and O–H groups in total. The van der Waals surface area contributed by atoms with Crippen LogP contribution in [0.5, 0.6) is 0 Å². The van der Waals surface area contributed by atoms with Crippen molar-refractivity contribution in [1.82, 2.24) is 0 Å². The minimum atomic E-state index is 0.750. The summed E-state index contributed by atoms with van der Waals surface area (Å²) in [5, 5.41) is 0.750. The van der Waals surface area contributed by atoms with E-state index in [1.54, 1.807) is 0 Å². The molecule has 0 radical (unpaired) electrons. The second kappa shape index (κ2) is 1.81. The molecule has 1 aliphatic carbocycles. The molecule has 56 valence electrons. The summed E-state index contributed by atoms with van der Waals surface area (Å²) in [6, 6.07) is 0. The monoisotopic (exact) mass is 136 g/mol. The van der Waals surface area contributed by atoms with Crippen LogP contribution >= 0.6 is 0 Å². The maximum atomic E-state index is 2.50. The van der Waals surface area contributed by atoms with Gasteiger partial charge in [0.15, 0.2) is 0 Å². The molecule has 10 heavy (non-hydrogen) atoms. The largest absolute Gasteiger partial charge is 0.144 e. The Bertz CT molecular complexity index is 135. The molecule has 0 amide bonds. The number of hydrogen-bond donors (Lipinski definition) is 0. The average molecular weight is 136 g/mol. The van der Waals surface area contributed by atoms with E-state index in [-0.39, 0.29) is 0 Å². The van der Waals surface area contributed by atoms with E-state index in [9.17, 15) is 0 Å². The van der Waals surface area contributed by atoms with E-state index < -0.39 is 0 Å². The van der Waals surface area contributed by atoms with Crippen LogP contribution in [0.15, 0.2) is 0 Å². The third-order valence-electron chi connectivity index (χ3n) is 4.29. The molecule has 0 nitrogen and oxygen atoms in total. The quantitative estimate of drug-likeness (QED) is 0.486. The summed E-state index contributed by atoms with van der Waals surface area (Å²) in [7, 11) is 0. The fourth-order valence-corrected chi connectivity index (χ4v) is 2.87. The second-order valence-electron chi connectivity index (χ2n) is 4.68. The summed E-state index contributed by atoms with van der Waals surface area (Å²) < 4.78 is 0. The van der Waals surface area contributed by atoms with Crippen molar-refractivity contribution in [2.75, 3.05) is 0 Å². The lowest BCUT2D eigenvalue weighted by molar-refractivity contribution is 0.330. The Hall–Kier alpha value is 0.0649. The molecular formula is C9H17B.